The molecule has 0 radical (unpaired) electrons. The predicted molar refractivity (Wildman–Crippen MR) is 42.9 cm³/mol. The largest absolute Gasteiger partial charge is 0.481 e. The lowest BCUT2D eigenvalue weighted by Gasteiger charge is -2.21. The maximum Gasteiger partial charge on any atom is 0.461 e. The van der Waals surface area contributed by atoms with E-state index in [2.05, 4.69) is 0 Å². The van der Waals surface area contributed by atoms with E-state index in [0.717, 1.165) is 6.42 Å². The summed E-state index contributed by atoms with van der Waals surface area (Å²) in [6.45, 7) is 1.91. The molecular formula is C6H14O4Si. The average molecular weight is 178 g/mol. The molecule has 0 unspecified atom stereocenters. The van der Waals surface area contributed by atoms with Gasteiger partial charge in [0.25, 0.3) is 0 Å². The number of hydrogen-bond acceptors (Lipinski definition) is 3. The van der Waals surface area contributed by atoms with E-state index in [0.29, 0.717) is 6.04 Å². The van der Waals surface area contributed by atoms with Crippen molar-refractivity contribution in [2.45, 2.75) is 19.4 Å². The highest BCUT2D eigenvalue weighted by atomic mass is 28.4. The van der Waals surface area contributed by atoms with Gasteiger partial charge in [0.05, 0.1) is 0 Å². The van der Waals surface area contributed by atoms with Crippen molar-refractivity contribution >= 4 is 14.2 Å². The van der Waals surface area contributed by atoms with Gasteiger partial charge in [0.15, 0.2) is 0 Å². The van der Waals surface area contributed by atoms with Crippen molar-refractivity contribution in [3.63, 3.8) is 0 Å². The molecular weight excluding hydrogens is 164 g/mol. The molecule has 0 aliphatic heterocycles. The van der Waals surface area contributed by atoms with Crippen LogP contribution in [0.25, 0.3) is 0 Å². The standard InChI is InChI=1S/C6H14O4Si/c1-4-5-11(9-2,10-3)6(7)8/h4-5H2,1-3H3,(H,7,8). The fourth-order valence-electron chi connectivity index (χ4n) is 0.898. The Kier molecular flexibility index (Phi) is 4.32. The van der Waals surface area contributed by atoms with Gasteiger partial charge in [0, 0.05) is 20.3 Å². The van der Waals surface area contributed by atoms with Crippen LogP contribution in [0.3, 0.4) is 0 Å². The molecule has 0 aliphatic rings. The summed E-state index contributed by atoms with van der Waals surface area (Å²) in [5.41, 5.74) is -0.940. The molecule has 0 amide bonds. The molecule has 0 heterocycles. The minimum Gasteiger partial charge on any atom is -0.481 e. The third-order valence-corrected chi connectivity index (χ3v) is 4.69. The lowest BCUT2D eigenvalue weighted by molar-refractivity contribution is 0.182. The van der Waals surface area contributed by atoms with E-state index < -0.39 is 14.2 Å². The van der Waals surface area contributed by atoms with Crippen LogP contribution in [0.1, 0.15) is 13.3 Å². The van der Waals surface area contributed by atoms with Gasteiger partial charge in [0.2, 0.25) is 0 Å². The summed E-state index contributed by atoms with van der Waals surface area (Å²) < 4.78 is 9.81. The molecule has 0 rings (SSSR count). The zero-order valence-corrected chi connectivity index (χ0v) is 8.09. The highest BCUT2D eigenvalue weighted by Gasteiger charge is 2.44. The first-order valence-electron chi connectivity index (χ1n) is 3.46. The first-order valence-corrected chi connectivity index (χ1v) is 5.49. The lowest BCUT2D eigenvalue weighted by Crippen LogP contribution is -2.48. The summed E-state index contributed by atoms with van der Waals surface area (Å²) in [5.74, 6) is 0. The van der Waals surface area contributed by atoms with Crippen molar-refractivity contribution in [3.8, 4) is 0 Å². The van der Waals surface area contributed by atoms with Gasteiger partial charge in [-0.1, -0.05) is 13.3 Å². The van der Waals surface area contributed by atoms with Gasteiger partial charge in [-0.3, -0.25) is 4.79 Å². The quantitative estimate of drug-likeness (QED) is 0.646. The van der Waals surface area contributed by atoms with Crippen LogP contribution in [0.15, 0.2) is 0 Å². The Bertz CT molecular complexity index is 133. The van der Waals surface area contributed by atoms with Crippen LogP contribution in [0.2, 0.25) is 6.04 Å². The number of rotatable bonds is 5. The van der Waals surface area contributed by atoms with Gasteiger partial charge < -0.3 is 14.0 Å². The normalized spacial score (nSPS) is 11.5. The number of carboxylic acid groups (broad SMARTS) is 1. The molecule has 0 aromatic rings. The zero-order chi connectivity index (χ0) is 8.91. The summed E-state index contributed by atoms with van der Waals surface area (Å²) in [5, 5.41) is 8.77. The summed E-state index contributed by atoms with van der Waals surface area (Å²) >= 11 is 0. The fourth-order valence-corrected chi connectivity index (χ4v) is 2.69. The van der Waals surface area contributed by atoms with E-state index in [-0.39, 0.29) is 0 Å². The van der Waals surface area contributed by atoms with E-state index in [1.807, 2.05) is 6.92 Å². The smallest absolute Gasteiger partial charge is 0.461 e. The fraction of sp³-hybridized carbons (Fsp3) is 0.833. The number of carbonyl (C=O) groups is 1. The average Bonchev–Trinajstić information content (AvgIpc) is 2.00. The second-order valence-corrected chi connectivity index (χ2v) is 5.47. The van der Waals surface area contributed by atoms with E-state index >= 15 is 0 Å². The van der Waals surface area contributed by atoms with Crippen LogP contribution in [-0.4, -0.2) is 33.5 Å². The molecule has 0 saturated carbocycles. The highest BCUT2D eigenvalue weighted by molar-refractivity contribution is 6.95. The molecule has 0 aliphatic carbocycles. The zero-order valence-electron chi connectivity index (χ0n) is 7.09. The minimum absolute atomic E-state index is 0.495. The van der Waals surface area contributed by atoms with Crippen molar-refractivity contribution in [1.82, 2.24) is 0 Å². The van der Waals surface area contributed by atoms with Crippen molar-refractivity contribution in [2.75, 3.05) is 14.2 Å². The molecule has 0 atom stereocenters. The highest BCUT2D eigenvalue weighted by Crippen LogP contribution is 2.14. The molecule has 4 nitrogen and oxygen atoms in total. The van der Waals surface area contributed by atoms with E-state index in [9.17, 15) is 4.79 Å². The lowest BCUT2D eigenvalue weighted by atomic mass is 10.6. The molecule has 66 valence electrons. The van der Waals surface area contributed by atoms with Crippen LogP contribution in [-0.2, 0) is 8.85 Å². The predicted octanol–water partition coefficient (Wildman–Crippen LogP) is 1.39. The van der Waals surface area contributed by atoms with Crippen molar-refractivity contribution in [1.29, 1.82) is 0 Å². The molecule has 0 bridgehead atoms. The van der Waals surface area contributed by atoms with Gasteiger partial charge in [-0.15, -0.1) is 0 Å². The van der Waals surface area contributed by atoms with Gasteiger partial charge in [-0.05, 0) is 0 Å². The minimum atomic E-state index is -2.90. The van der Waals surface area contributed by atoms with Crippen molar-refractivity contribution in [2.24, 2.45) is 0 Å². The monoisotopic (exact) mass is 178 g/mol. The maximum atomic E-state index is 10.7. The Hall–Kier alpha value is -0.393. The van der Waals surface area contributed by atoms with Gasteiger partial charge in [-0.2, -0.15) is 0 Å². The van der Waals surface area contributed by atoms with E-state index in [1.54, 1.807) is 0 Å². The first kappa shape index (κ1) is 10.6. The van der Waals surface area contributed by atoms with Crippen LogP contribution < -0.4 is 0 Å². The third kappa shape index (κ3) is 2.28. The Morgan fingerprint density at radius 1 is 1.45 bits per heavy atom. The Labute approximate surface area is 67.4 Å². The van der Waals surface area contributed by atoms with Crippen LogP contribution in [0.5, 0.6) is 0 Å². The molecule has 0 aromatic heterocycles. The van der Waals surface area contributed by atoms with Crippen LogP contribution in [0, 0.1) is 0 Å². The first-order chi connectivity index (χ1) is 5.13. The van der Waals surface area contributed by atoms with Gasteiger partial charge in [0.1, 0.15) is 0 Å². The summed E-state index contributed by atoms with van der Waals surface area (Å²) in [7, 11) is -0.127. The van der Waals surface area contributed by atoms with E-state index in [1.165, 1.54) is 14.2 Å². The number of hydrogen-bond donors (Lipinski definition) is 1. The summed E-state index contributed by atoms with van der Waals surface area (Å²) in [6, 6.07) is 0.495. The van der Waals surface area contributed by atoms with E-state index in [4.69, 9.17) is 14.0 Å². The third-order valence-electron chi connectivity index (χ3n) is 1.56. The maximum absolute atomic E-state index is 10.7. The van der Waals surface area contributed by atoms with Gasteiger partial charge in [-0.25, -0.2) is 0 Å². The molecule has 0 saturated heterocycles. The molecule has 0 aromatic carbocycles. The molecule has 0 fully saturated rings. The summed E-state index contributed by atoms with van der Waals surface area (Å²) in [6.07, 6.45) is 0.764. The Morgan fingerprint density at radius 3 is 2.00 bits per heavy atom. The van der Waals surface area contributed by atoms with Crippen LogP contribution in [0.4, 0.5) is 4.79 Å². The second-order valence-electron chi connectivity index (χ2n) is 2.22. The Morgan fingerprint density at radius 2 is 1.91 bits per heavy atom. The van der Waals surface area contributed by atoms with Crippen molar-refractivity contribution in [3.05, 3.63) is 0 Å². The molecule has 11 heavy (non-hydrogen) atoms. The topological polar surface area (TPSA) is 55.8 Å². The molecule has 1 N–H and O–H groups in total. The van der Waals surface area contributed by atoms with Crippen LogP contribution >= 0.6 is 0 Å². The molecule has 5 heteroatoms. The van der Waals surface area contributed by atoms with Crippen molar-refractivity contribution < 1.29 is 18.8 Å². The Balaban J connectivity index is 4.32. The molecule has 0 spiro atoms. The SMILES string of the molecule is CCC[Si](OC)(OC)C(=O)O. The second kappa shape index (κ2) is 4.48. The van der Waals surface area contributed by atoms with Gasteiger partial charge >= 0.3 is 14.2 Å². The summed E-state index contributed by atoms with van der Waals surface area (Å²) in [4.78, 5) is 10.7.